The lowest BCUT2D eigenvalue weighted by atomic mass is 9.49. The lowest BCUT2D eigenvalue weighted by Crippen LogP contribution is -2.64. The largest absolute Gasteiger partial charge is 0.461 e. The number of hydrogen-bond donors (Lipinski definition) is 1. The van der Waals surface area contributed by atoms with Gasteiger partial charge >= 0.3 is 30.1 Å². The van der Waals surface area contributed by atoms with E-state index in [2.05, 4.69) is 13.8 Å². The zero-order valence-electron chi connectivity index (χ0n) is 37.2. The predicted molar refractivity (Wildman–Crippen MR) is 210 cm³/mol. The zero-order valence-corrected chi connectivity index (χ0v) is 37.2. The summed E-state index contributed by atoms with van der Waals surface area (Å²) < 4.78 is 89.3. The Morgan fingerprint density at radius 2 is 1.20 bits per heavy atom. The van der Waals surface area contributed by atoms with Gasteiger partial charge in [0.1, 0.15) is 23.9 Å². The number of carbonyl (C=O) groups is 4. The van der Waals surface area contributed by atoms with Crippen molar-refractivity contribution in [3.8, 4) is 0 Å². The third-order valence-corrected chi connectivity index (χ3v) is 17.1. The molecule has 8 bridgehead atoms. The first-order valence-corrected chi connectivity index (χ1v) is 22.7. The molecule has 0 spiro atoms. The molecule has 1 aliphatic heterocycles. The number of carbonyl (C=O) groups excluding carboxylic acids is 4. The highest BCUT2D eigenvalue weighted by atomic mass is 19.4. The van der Waals surface area contributed by atoms with Gasteiger partial charge in [-0.2, -0.15) is 13.2 Å². The third-order valence-electron chi connectivity index (χ3n) is 17.1. The minimum absolute atomic E-state index is 0.0364. The number of halogens is 5. The van der Waals surface area contributed by atoms with Crippen molar-refractivity contribution >= 4 is 23.9 Å². The molecule has 1 saturated heterocycles. The molecule has 9 aliphatic rings. The number of alkyl halides is 5. The SMILES string of the molecule is CCC(C)(C)C(=O)OC1(CC)C2CC3CC(C2)CC1C3.CCC(C)(C)C(=O)OC1C2CC3C(=O)OC1C3C2.CCC(C)(C)C(=O)OC1CC2CC1C(F)(F)C2(O)C(F)(F)F. The number of ether oxygens (including phenoxy) is 4. The van der Waals surface area contributed by atoms with Crippen molar-refractivity contribution in [3.05, 3.63) is 0 Å². The summed E-state index contributed by atoms with van der Waals surface area (Å²) in [7, 11) is 0. The molecule has 9 nitrogen and oxygen atoms in total. The fourth-order valence-corrected chi connectivity index (χ4v) is 12.0. The molecule has 0 amide bonds. The predicted octanol–water partition coefficient (Wildman–Crippen LogP) is 9.79. The molecule has 60 heavy (non-hydrogen) atoms. The molecule has 0 aromatic heterocycles. The van der Waals surface area contributed by atoms with Crippen LogP contribution in [0.3, 0.4) is 0 Å². The lowest BCUT2D eigenvalue weighted by Gasteiger charge is -2.60. The van der Waals surface area contributed by atoms with Crippen molar-refractivity contribution in [2.24, 2.45) is 69.5 Å². The van der Waals surface area contributed by atoms with E-state index in [0.717, 1.165) is 43.9 Å². The van der Waals surface area contributed by atoms with Crippen molar-refractivity contribution in [2.75, 3.05) is 0 Å². The van der Waals surface area contributed by atoms with Gasteiger partial charge in [0.05, 0.1) is 28.1 Å². The monoisotopic (exact) mass is 860 g/mol. The highest BCUT2D eigenvalue weighted by Crippen LogP contribution is 2.65. The molecule has 9 atom stereocenters. The van der Waals surface area contributed by atoms with E-state index in [-0.39, 0.29) is 47.0 Å². The average molecular weight is 861 g/mol. The first kappa shape index (κ1) is 47.0. The standard InChI is InChI=1S/C18H30O2.C14H19F5O3.C14H20O4/c1-5-17(3,4)16(19)20-18(6-2)14-8-12-7-13(10-14)11-15(18)9-12;1-4-11(2,3)10(20)22-9-6-7-5-8(9)13(15,16)12(7,21)14(17,18)19;1-4-14(2,3)13(16)18-10-7-5-8-9(6-7)12(15)17-11(8)10/h12-15H,5-11H2,1-4H3;7-9,21H,4-6H2,1-3H3;7-11H,4-6H2,1-3H3. The molecular formula is C46H69F5O9. The Morgan fingerprint density at radius 3 is 1.67 bits per heavy atom. The number of fused-ring (bicyclic) bond motifs is 3. The normalized spacial score (nSPS) is 40.3. The van der Waals surface area contributed by atoms with Gasteiger partial charge in [-0.3, -0.25) is 19.2 Å². The zero-order chi connectivity index (χ0) is 44.8. The summed E-state index contributed by atoms with van der Waals surface area (Å²) in [5.41, 5.74) is -5.84. The van der Waals surface area contributed by atoms with Crippen molar-refractivity contribution in [1.82, 2.24) is 0 Å². The summed E-state index contributed by atoms with van der Waals surface area (Å²) in [6.45, 7) is 19.0. The summed E-state index contributed by atoms with van der Waals surface area (Å²) in [6.07, 6.45) is 3.52. The van der Waals surface area contributed by atoms with Crippen LogP contribution in [-0.4, -0.2) is 70.6 Å². The van der Waals surface area contributed by atoms with E-state index < -0.39 is 65.3 Å². The van der Waals surface area contributed by atoms with Crippen LogP contribution in [0.15, 0.2) is 0 Å². The molecule has 0 aromatic rings. The van der Waals surface area contributed by atoms with Gasteiger partial charge in [0.15, 0.2) is 0 Å². The van der Waals surface area contributed by atoms with Crippen LogP contribution >= 0.6 is 0 Å². The smallest absolute Gasteiger partial charge is 0.423 e. The Hall–Kier alpha value is -2.51. The van der Waals surface area contributed by atoms with Crippen LogP contribution in [0.2, 0.25) is 0 Å². The van der Waals surface area contributed by atoms with E-state index in [4.69, 9.17) is 18.9 Å². The van der Waals surface area contributed by atoms with Crippen LogP contribution < -0.4 is 0 Å². The first-order chi connectivity index (χ1) is 27.6. The van der Waals surface area contributed by atoms with Crippen LogP contribution in [-0.2, 0) is 38.1 Å². The minimum atomic E-state index is -5.42. The number of hydrogen-bond acceptors (Lipinski definition) is 9. The average Bonchev–Trinajstić information content (AvgIpc) is 3.96. The van der Waals surface area contributed by atoms with E-state index >= 15 is 0 Å². The van der Waals surface area contributed by atoms with Crippen molar-refractivity contribution in [2.45, 2.75) is 194 Å². The van der Waals surface area contributed by atoms with Crippen molar-refractivity contribution < 1.29 is 65.2 Å². The second kappa shape index (κ2) is 15.9. The minimum Gasteiger partial charge on any atom is -0.461 e. The third kappa shape index (κ3) is 7.68. The molecule has 0 radical (unpaired) electrons. The molecular weight excluding hydrogens is 791 g/mol. The highest BCUT2D eigenvalue weighted by Gasteiger charge is 2.82. The van der Waals surface area contributed by atoms with Gasteiger partial charge in [0, 0.05) is 17.8 Å². The Morgan fingerprint density at radius 1 is 0.700 bits per heavy atom. The summed E-state index contributed by atoms with van der Waals surface area (Å²) >= 11 is 0. The molecule has 1 heterocycles. The quantitative estimate of drug-likeness (QED) is 0.130. The topological polar surface area (TPSA) is 125 Å². The summed E-state index contributed by atoms with van der Waals surface area (Å²) in [5.74, 6) is -4.92. The maximum Gasteiger partial charge on any atom is 0.423 e. The maximum absolute atomic E-state index is 14.1. The number of aliphatic hydroxyl groups is 1. The van der Waals surface area contributed by atoms with E-state index in [1.54, 1.807) is 20.8 Å². The fraction of sp³-hybridized carbons (Fsp3) is 0.913. The van der Waals surface area contributed by atoms with Gasteiger partial charge in [-0.1, -0.05) is 27.7 Å². The van der Waals surface area contributed by atoms with E-state index in [1.165, 1.54) is 32.1 Å². The summed E-state index contributed by atoms with van der Waals surface area (Å²) in [6, 6.07) is 0. The summed E-state index contributed by atoms with van der Waals surface area (Å²) in [5, 5.41) is 9.59. The molecule has 14 heteroatoms. The maximum atomic E-state index is 14.1. The van der Waals surface area contributed by atoms with Gasteiger partial charge in [-0.05, 0) is 149 Å². The van der Waals surface area contributed by atoms with E-state index in [9.17, 15) is 46.2 Å². The molecule has 342 valence electrons. The second-order valence-electron chi connectivity index (χ2n) is 21.6. The van der Waals surface area contributed by atoms with E-state index in [1.807, 2.05) is 34.6 Å². The van der Waals surface area contributed by atoms with E-state index in [0.29, 0.717) is 30.1 Å². The van der Waals surface area contributed by atoms with Gasteiger partial charge in [-0.25, -0.2) is 8.78 Å². The molecule has 9 unspecified atom stereocenters. The van der Waals surface area contributed by atoms with Crippen LogP contribution in [0, 0.1) is 69.5 Å². The van der Waals surface area contributed by atoms with Gasteiger partial charge < -0.3 is 24.1 Å². The van der Waals surface area contributed by atoms with Gasteiger partial charge in [0.2, 0.25) is 5.60 Å². The Bertz CT molecular complexity index is 1630. The van der Waals surface area contributed by atoms with Crippen molar-refractivity contribution in [1.29, 1.82) is 0 Å². The first-order valence-electron chi connectivity index (χ1n) is 22.7. The lowest BCUT2D eigenvalue weighted by molar-refractivity contribution is -0.353. The second-order valence-corrected chi connectivity index (χ2v) is 21.6. The number of esters is 4. The van der Waals surface area contributed by atoms with Crippen molar-refractivity contribution in [3.63, 3.8) is 0 Å². The summed E-state index contributed by atoms with van der Waals surface area (Å²) in [4.78, 5) is 48.3. The van der Waals surface area contributed by atoms with Crippen LogP contribution in [0.25, 0.3) is 0 Å². The number of rotatable bonds is 10. The highest BCUT2D eigenvalue weighted by molar-refractivity contribution is 5.79. The van der Waals surface area contributed by atoms with Crippen LogP contribution in [0.5, 0.6) is 0 Å². The Labute approximate surface area is 352 Å². The molecule has 8 saturated carbocycles. The van der Waals surface area contributed by atoms with Crippen LogP contribution in [0.4, 0.5) is 22.0 Å². The molecule has 9 fully saturated rings. The Balaban J connectivity index is 0.000000151. The van der Waals surface area contributed by atoms with Gasteiger partial charge in [-0.15, -0.1) is 0 Å². The fourth-order valence-electron chi connectivity index (χ4n) is 12.0. The molecule has 9 rings (SSSR count). The molecule has 8 aliphatic carbocycles. The molecule has 1 N–H and O–H groups in total. The Kier molecular flexibility index (Phi) is 12.5. The van der Waals surface area contributed by atoms with Crippen LogP contribution in [0.1, 0.15) is 153 Å². The molecule has 0 aromatic carbocycles. The van der Waals surface area contributed by atoms with Gasteiger partial charge in [0.25, 0.3) is 5.92 Å².